The molecule has 4 heteroatoms. The van der Waals surface area contributed by atoms with E-state index in [9.17, 15) is 4.79 Å². The minimum Gasteiger partial charge on any atom is -0.305 e. The fraction of sp³-hybridized carbons (Fsp3) is 0.150. The molecule has 0 saturated carbocycles. The summed E-state index contributed by atoms with van der Waals surface area (Å²) in [6.45, 7) is 4.43. The number of likely N-dealkylation sites (N-methyl/N-ethyl adjacent to an activating group) is 1. The highest BCUT2D eigenvalue weighted by atomic mass is 35.5. The molecule has 2 aromatic rings. The van der Waals surface area contributed by atoms with E-state index < -0.39 is 0 Å². The summed E-state index contributed by atoms with van der Waals surface area (Å²) >= 11 is 12.1. The molecule has 0 N–H and O–H groups in total. The van der Waals surface area contributed by atoms with Crippen LogP contribution in [-0.4, -0.2) is 31.3 Å². The summed E-state index contributed by atoms with van der Waals surface area (Å²) in [7, 11) is 3.81. The molecular weight excluding hydrogens is 341 g/mol. The SMILES string of the molecule is C=C(CN(C)C)C(=O)/C(=C/c1cc(Cl)cc(Cl)c1)c1ccccc1. The molecule has 0 aliphatic rings. The first-order valence-corrected chi connectivity index (χ1v) is 8.23. The van der Waals surface area contributed by atoms with Crippen LogP contribution in [0.15, 0.2) is 60.7 Å². The molecule has 0 amide bonds. The minimum atomic E-state index is -0.0917. The summed E-state index contributed by atoms with van der Waals surface area (Å²) in [6, 6.07) is 14.7. The Morgan fingerprint density at radius 2 is 1.67 bits per heavy atom. The van der Waals surface area contributed by atoms with E-state index in [-0.39, 0.29) is 5.78 Å². The van der Waals surface area contributed by atoms with Crippen molar-refractivity contribution in [3.63, 3.8) is 0 Å². The van der Waals surface area contributed by atoms with Crippen molar-refractivity contribution < 1.29 is 4.79 Å². The fourth-order valence-electron chi connectivity index (χ4n) is 2.37. The van der Waals surface area contributed by atoms with Gasteiger partial charge >= 0.3 is 0 Å². The standard InChI is InChI=1S/C20H19Cl2NO/c1-14(13-23(2)3)20(24)19(16-7-5-4-6-8-16)11-15-9-17(21)12-18(22)10-15/h4-12H,1,13H2,2-3H3/b19-11+. The second kappa shape index (κ2) is 8.29. The Labute approximate surface area is 153 Å². The summed E-state index contributed by atoms with van der Waals surface area (Å²) in [5, 5.41) is 1.06. The molecule has 0 heterocycles. The van der Waals surface area contributed by atoms with Crippen molar-refractivity contribution in [1.29, 1.82) is 0 Å². The summed E-state index contributed by atoms with van der Waals surface area (Å²) in [5.41, 5.74) is 2.71. The first kappa shape index (κ1) is 18.5. The molecule has 0 aliphatic carbocycles. The quantitative estimate of drug-likeness (QED) is 0.520. The summed E-state index contributed by atoms with van der Waals surface area (Å²) < 4.78 is 0. The highest BCUT2D eigenvalue weighted by Crippen LogP contribution is 2.26. The molecule has 0 spiro atoms. The predicted molar refractivity (Wildman–Crippen MR) is 103 cm³/mol. The largest absolute Gasteiger partial charge is 0.305 e. The van der Waals surface area contributed by atoms with Gasteiger partial charge in [-0.05, 0) is 49.5 Å². The lowest BCUT2D eigenvalue weighted by molar-refractivity contribution is -0.110. The van der Waals surface area contributed by atoms with Crippen LogP contribution in [0.2, 0.25) is 10.0 Å². The molecule has 0 aliphatic heterocycles. The van der Waals surface area contributed by atoms with Crippen molar-refractivity contribution in [3.8, 4) is 0 Å². The number of rotatable bonds is 6. The monoisotopic (exact) mass is 359 g/mol. The molecule has 0 bridgehead atoms. The normalized spacial score (nSPS) is 11.6. The number of nitrogens with zero attached hydrogens (tertiary/aromatic N) is 1. The Morgan fingerprint density at radius 1 is 1.08 bits per heavy atom. The van der Waals surface area contributed by atoms with Crippen LogP contribution in [0.3, 0.4) is 0 Å². The van der Waals surface area contributed by atoms with Gasteiger partial charge in [0, 0.05) is 27.7 Å². The molecule has 24 heavy (non-hydrogen) atoms. The van der Waals surface area contributed by atoms with Gasteiger partial charge in [-0.3, -0.25) is 4.79 Å². The van der Waals surface area contributed by atoms with E-state index in [2.05, 4.69) is 6.58 Å². The molecule has 2 nitrogen and oxygen atoms in total. The smallest absolute Gasteiger partial charge is 0.190 e. The van der Waals surface area contributed by atoms with E-state index in [0.29, 0.717) is 27.7 Å². The maximum absolute atomic E-state index is 12.9. The Balaban J connectivity index is 2.49. The van der Waals surface area contributed by atoms with E-state index in [1.54, 1.807) is 24.3 Å². The zero-order valence-corrected chi connectivity index (χ0v) is 15.2. The number of ketones is 1. The summed E-state index contributed by atoms with van der Waals surface area (Å²) in [5.74, 6) is -0.0917. The van der Waals surface area contributed by atoms with E-state index in [4.69, 9.17) is 23.2 Å². The van der Waals surface area contributed by atoms with Gasteiger partial charge in [0.15, 0.2) is 5.78 Å². The van der Waals surface area contributed by atoms with Crippen LogP contribution in [0.5, 0.6) is 0 Å². The zero-order chi connectivity index (χ0) is 17.7. The van der Waals surface area contributed by atoms with Crippen molar-refractivity contribution in [2.75, 3.05) is 20.6 Å². The van der Waals surface area contributed by atoms with E-state index >= 15 is 0 Å². The third kappa shape index (κ3) is 5.07. The van der Waals surface area contributed by atoms with Crippen molar-refractivity contribution in [1.82, 2.24) is 4.90 Å². The number of hydrogen-bond acceptors (Lipinski definition) is 2. The van der Waals surface area contributed by atoms with Gasteiger partial charge in [0.05, 0.1) is 0 Å². The zero-order valence-electron chi connectivity index (χ0n) is 13.7. The van der Waals surface area contributed by atoms with Crippen LogP contribution in [-0.2, 0) is 4.79 Å². The van der Waals surface area contributed by atoms with Crippen molar-refractivity contribution >= 4 is 40.6 Å². The number of Topliss-reactive ketones (excluding diaryl/α,β-unsaturated/α-hetero) is 1. The predicted octanol–water partition coefficient (Wildman–Crippen LogP) is 5.22. The maximum Gasteiger partial charge on any atom is 0.190 e. The number of benzene rings is 2. The lowest BCUT2D eigenvalue weighted by Crippen LogP contribution is -2.19. The van der Waals surface area contributed by atoms with Gasteiger partial charge in [-0.25, -0.2) is 0 Å². The number of carbonyl (C=O) groups excluding carboxylic acids is 1. The van der Waals surface area contributed by atoms with Crippen LogP contribution < -0.4 is 0 Å². The van der Waals surface area contributed by atoms with Crippen LogP contribution in [0, 0.1) is 0 Å². The first-order valence-electron chi connectivity index (χ1n) is 7.47. The van der Waals surface area contributed by atoms with Crippen LogP contribution in [0.25, 0.3) is 11.6 Å². The van der Waals surface area contributed by atoms with E-state index in [0.717, 1.165) is 11.1 Å². The lowest BCUT2D eigenvalue weighted by Gasteiger charge is -2.14. The Hall–Kier alpha value is -1.87. The van der Waals surface area contributed by atoms with Crippen LogP contribution in [0.4, 0.5) is 0 Å². The van der Waals surface area contributed by atoms with Crippen molar-refractivity contribution in [2.45, 2.75) is 0 Å². The topological polar surface area (TPSA) is 20.3 Å². The molecule has 2 rings (SSSR count). The highest BCUT2D eigenvalue weighted by molar-refractivity contribution is 6.35. The fourth-order valence-corrected chi connectivity index (χ4v) is 2.91. The Kier molecular flexibility index (Phi) is 6.38. The van der Waals surface area contributed by atoms with E-state index in [1.807, 2.05) is 49.3 Å². The number of allylic oxidation sites excluding steroid dienone is 1. The molecule has 0 atom stereocenters. The molecule has 0 radical (unpaired) electrons. The summed E-state index contributed by atoms with van der Waals surface area (Å²) in [4.78, 5) is 14.8. The van der Waals surface area contributed by atoms with Gasteiger partial charge in [-0.2, -0.15) is 0 Å². The molecular formula is C20H19Cl2NO. The highest BCUT2D eigenvalue weighted by Gasteiger charge is 2.16. The molecule has 124 valence electrons. The number of hydrogen-bond donors (Lipinski definition) is 0. The Morgan fingerprint density at radius 3 is 2.21 bits per heavy atom. The van der Waals surface area contributed by atoms with Gasteiger partial charge in [-0.1, -0.05) is 60.1 Å². The second-order valence-electron chi connectivity index (χ2n) is 5.80. The second-order valence-corrected chi connectivity index (χ2v) is 6.67. The van der Waals surface area contributed by atoms with Gasteiger partial charge in [0.1, 0.15) is 0 Å². The molecule has 0 aromatic heterocycles. The van der Waals surface area contributed by atoms with E-state index in [1.165, 1.54) is 0 Å². The van der Waals surface area contributed by atoms with Crippen LogP contribution in [0.1, 0.15) is 11.1 Å². The minimum absolute atomic E-state index is 0.0917. The molecule has 0 saturated heterocycles. The van der Waals surface area contributed by atoms with Gasteiger partial charge < -0.3 is 4.90 Å². The molecule has 0 fully saturated rings. The van der Waals surface area contributed by atoms with Crippen molar-refractivity contribution in [3.05, 3.63) is 81.9 Å². The number of halogens is 2. The summed E-state index contributed by atoms with van der Waals surface area (Å²) in [6.07, 6.45) is 1.80. The van der Waals surface area contributed by atoms with Crippen LogP contribution >= 0.6 is 23.2 Å². The van der Waals surface area contributed by atoms with Gasteiger partial charge in [-0.15, -0.1) is 0 Å². The third-order valence-corrected chi connectivity index (χ3v) is 3.79. The van der Waals surface area contributed by atoms with Crippen molar-refractivity contribution in [2.24, 2.45) is 0 Å². The number of carbonyl (C=O) groups is 1. The maximum atomic E-state index is 12.9. The lowest BCUT2D eigenvalue weighted by atomic mass is 9.95. The average molecular weight is 360 g/mol. The average Bonchev–Trinajstić information content (AvgIpc) is 2.51. The van der Waals surface area contributed by atoms with Gasteiger partial charge in [0.2, 0.25) is 0 Å². The Bertz CT molecular complexity index is 759. The molecule has 2 aromatic carbocycles. The molecule has 0 unspecified atom stereocenters. The van der Waals surface area contributed by atoms with Gasteiger partial charge in [0.25, 0.3) is 0 Å². The third-order valence-electron chi connectivity index (χ3n) is 3.35. The first-order chi connectivity index (χ1) is 11.4.